The Kier molecular flexibility index (Phi) is 5.42. The number of nitrogens with one attached hydrogen (secondary N) is 1. The van der Waals surface area contributed by atoms with Gasteiger partial charge in [0.25, 0.3) is 0 Å². The number of halogens is 1. The first-order valence-electron chi connectivity index (χ1n) is 5.47. The smallest absolute Gasteiger partial charge is 0.220 e. The van der Waals surface area contributed by atoms with E-state index in [2.05, 4.69) is 5.32 Å². The molecule has 3 N–H and O–H groups in total. The Morgan fingerprint density at radius 1 is 1.53 bits per heavy atom. The second kappa shape index (κ2) is 6.85. The molecule has 1 amide bonds. The van der Waals surface area contributed by atoms with Crippen molar-refractivity contribution < 1.29 is 13.9 Å². The van der Waals surface area contributed by atoms with Crippen LogP contribution in [-0.4, -0.2) is 26.1 Å². The molecule has 0 aromatic heterocycles. The van der Waals surface area contributed by atoms with Crippen molar-refractivity contribution in [1.29, 1.82) is 0 Å². The summed E-state index contributed by atoms with van der Waals surface area (Å²) in [5.41, 5.74) is 5.96. The predicted octanol–water partition coefficient (Wildman–Crippen LogP) is 0.842. The summed E-state index contributed by atoms with van der Waals surface area (Å²) in [4.78, 5) is 11.4. The van der Waals surface area contributed by atoms with Gasteiger partial charge in [0.05, 0.1) is 7.11 Å². The van der Waals surface area contributed by atoms with Crippen LogP contribution in [0.2, 0.25) is 0 Å². The number of rotatable bonds is 6. The topological polar surface area (TPSA) is 64.3 Å². The highest BCUT2D eigenvalue weighted by Gasteiger charge is 2.10. The molecule has 0 heterocycles. The lowest BCUT2D eigenvalue weighted by atomic mass is 10.1. The number of hydrogen-bond acceptors (Lipinski definition) is 3. The summed E-state index contributed by atoms with van der Waals surface area (Å²) < 4.78 is 18.3. The third kappa shape index (κ3) is 4.03. The fraction of sp³-hybridized carbons (Fsp3) is 0.417. The first-order chi connectivity index (χ1) is 8.19. The largest absolute Gasteiger partial charge is 0.493 e. The summed E-state index contributed by atoms with van der Waals surface area (Å²) in [6, 6.07) is 4.68. The monoisotopic (exact) mass is 240 g/mol. The zero-order chi connectivity index (χ0) is 12.7. The maximum atomic E-state index is 13.3. The molecular formula is C12H17FN2O2. The van der Waals surface area contributed by atoms with Crippen molar-refractivity contribution in [2.45, 2.75) is 12.8 Å². The molecule has 4 nitrogen and oxygen atoms in total. The zero-order valence-electron chi connectivity index (χ0n) is 9.83. The zero-order valence-corrected chi connectivity index (χ0v) is 9.83. The van der Waals surface area contributed by atoms with Crippen LogP contribution in [0.15, 0.2) is 18.2 Å². The molecule has 0 unspecified atom stereocenters. The number of methoxy groups -OCH3 is 1. The number of hydrogen-bond donors (Lipinski definition) is 2. The normalized spacial score (nSPS) is 10.1. The van der Waals surface area contributed by atoms with Gasteiger partial charge in [-0.3, -0.25) is 4.79 Å². The first kappa shape index (κ1) is 13.4. The van der Waals surface area contributed by atoms with Crippen LogP contribution >= 0.6 is 0 Å². The van der Waals surface area contributed by atoms with Gasteiger partial charge in [0.1, 0.15) is 0 Å². The molecule has 0 saturated heterocycles. The number of nitrogens with two attached hydrogens (primary N) is 1. The fourth-order valence-electron chi connectivity index (χ4n) is 1.53. The van der Waals surface area contributed by atoms with E-state index in [0.29, 0.717) is 31.5 Å². The highest BCUT2D eigenvalue weighted by atomic mass is 19.1. The van der Waals surface area contributed by atoms with E-state index in [-0.39, 0.29) is 11.7 Å². The van der Waals surface area contributed by atoms with Crippen LogP contribution in [0.4, 0.5) is 4.39 Å². The SMILES string of the molecule is COc1c(F)cccc1CCC(=O)NCCN. The Morgan fingerprint density at radius 2 is 2.29 bits per heavy atom. The second-order valence-electron chi connectivity index (χ2n) is 3.57. The van der Waals surface area contributed by atoms with E-state index in [4.69, 9.17) is 10.5 Å². The highest BCUT2D eigenvalue weighted by Crippen LogP contribution is 2.23. The Hall–Kier alpha value is -1.62. The summed E-state index contributed by atoms with van der Waals surface area (Å²) in [5, 5.41) is 2.66. The van der Waals surface area contributed by atoms with Gasteiger partial charge in [-0.05, 0) is 18.1 Å². The highest BCUT2D eigenvalue weighted by molar-refractivity contribution is 5.76. The molecule has 1 aromatic carbocycles. The lowest BCUT2D eigenvalue weighted by molar-refractivity contribution is -0.121. The maximum absolute atomic E-state index is 13.3. The summed E-state index contributed by atoms with van der Waals surface area (Å²) in [6.07, 6.45) is 0.733. The van der Waals surface area contributed by atoms with E-state index in [1.807, 2.05) is 0 Å². The summed E-state index contributed by atoms with van der Waals surface area (Å²) in [7, 11) is 1.41. The molecule has 0 saturated carbocycles. The predicted molar refractivity (Wildman–Crippen MR) is 63.3 cm³/mol. The van der Waals surface area contributed by atoms with Crippen LogP contribution in [-0.2, 0) is 11.2 Å². The van der Waals surface area contributed by atoms with Gasteiger partial charge in [-0.25, -0.2) is 4.39 Å². The van der Waals surface area contributed by atoms with Gasteiger partial charge in [-0.2, -0.15) is 0 Å². The molecule has 0 aliphatic rings. The van der Waals surface area contributed by atoms with Crippen LogP contribution in [0.1, 0.15) is 12.0 Å². The number of aryl methyl sites for hydroxylation is 1. The molecule has 1 rings (SSSR count). The molecule has 0 bridgehead atoms. The molecule has 0 fully saturated rings. The Bertz CT molecular complexity index is 383. The number of ether oxygens (including phenoxy) is 1. The maximum Gasteiger partial charge on any atom is 0.220 e. The molecule has 0 radical (unpaired) electrons. The fourth-order valence-corrected chi connectivity index (χ4v) is 1.53. The van der Waals surface area contributed by atoms with E-state index in [9.17, 15) is 9.18 Å². The first-order valence-corrected chi connectivity index (χ1v) is 5.47. The van der Waals surface area contributed by atoms with Crippen molar-refractivity contribution >= 4 is 5.91 Å². The molecule has 94 valence electrons. The molecule has 5 heteroatoms. The van der Waals surface area contributed by atoms with E-state index >= 15 is 0 Å². The molecule has 0 aliphatic heterocycles. The molecule has 1 aromatic rings. The third-order valence-corrected chi connectivity index (χ3v) is 2.34. The minimum atomic E-state index is -0.410. The van der Waals surface area contributed by atoms with E-state index in [1.54, 1.807) is 12.1 Å². The molecule has 17 heavy (non-hydrogen) atoms. The second-order valence-corrected chi connectivity index (χ2v) is 3.57. The number of amides is 1. The van der Waals surface area contributed by atoms with Crippen LogP contribution < -0.4 is 15.8 Å². The van der Waals surface area contributed by atoms with Crippen molar-refractivity contribution in [2.75, 3.05) is 20.2 Å². The van der Waals surface area contributed by atoms with Gasteiger partial charge in [-0.15, -0.1) is 0 Å². The average molecular weight is 240 g/mol. The minimum absolute atomic E-state index is 0.0956. The number of carbonyl (C=O) groups excluding carboxylic acids is 1. The number of para-hydroxylation sites is 1. The summed E-state index contributed by atoms with van der Waals surface area (Å²) in [5.74, 6) is -0.298. The number of carbonyl (C=O) groups is 1. The van der Waals surface area contributed by atoms with Gasteiger partial charge < -0.3 is 15.8 Å². The van der Waals surface area contributed by atoms with Gasteiger partial charge >= 0.3 is 0 Å². The average Bonchev–Trinajstić information content (AvgIpc) is 2.33. The van der Waals surface area contributed by atoms with E-state index < -0.39 is 5.82 Å². The molecule has 0 atom stereocenters. The van der Waals surface area contributed by atoms with Gasteiger partial charge in [0, 0.05) is 19.5 Å². The quantitative estimate of drug-likeness (QED) is 0.774. The van der Waals surface area contributed by atoms with Crippen molar-refractivity contribution in [3.63, 3.8) is 0 Å². The van der Waals surface area contributed by atoms with Gasteiger partial charge in [0.15, 0.2) is 11.6 Å². The molecule has 0 spiro atoms. The lowest BCUT2D eigenvalue weighted by Crippen LogP contribution is -2.29. The van der Waals surface area contributed by atoms with Gasteiger partial charge in [-0.1, -0.05) is 12.1 Å². The van der Waals surface area contributed by atoms with Crippen LogP contribution in [0.25, 0.3) is 0 Å². The molecule has 0 aliphatic carbocycles. The standard InChI is InChI=1S/C12H17FN2O2/c1-17-12-9(3-2-4-10(12)13)5-6-11(16)15-8-7-14/h2-4H,5-8,14H2,1H3,(H,15,16). The van der Waals surface area contributed by atoms with Gasteiger partial charge in [0.2, 0.25) is 5.91 Å². The minimum Gasteiger partial charge on any atom is -0.493 e. The summed E-state index contributed by atoms with van der Waals surface area (Å²) in [6.45, 7) is 0.869. The van der Waals surface area contributed by atoms with Crippen molar-refractivity contribution in [3.05, 3.63) is 29.6 Å². The Labute approximate surface area is 100.0 Å². The van der Waals surface area contributed by atoms with Crippen molar-refractivity contribution in [1.82, 2.24) is 5.32 Å². The van der Waals surface area contributed by atoms with Crippen LogP contribution in [0.3, 0.4) is 0 Å². The number of benzene rings is 1. The summed E-state index contributed by atoms with van der Waals surface area (Å²) >= 11 is 0. The Balaban J connectivity index is 2.57. The van der Waals surface area contributed by atoms with Crippen LogP contribution in [0.5, 0.6) is 5.75 Å². The lowest BCUT2D eigenvalue weighted by Gasteiger charge is -2.09. The van der Waals surface area contributed by atoms with Crippen molar-refractivity contribution in [3.8, 4) is 5.75 Å². The Morgan fingerprint density at radius 3 is 2.94 bits per heavy atom. The van der Waals surface area contributed by atoms with E-state index in [1.165, 1.54) is 13.2 Å². The third-order valence-electron chi connectivity index (χ3n) is 2.34. The van der Waals surface area contributed by atoms with Crippen LogP contribution in [0, 0.1) is 5.82 Å². The molecular weight excluding hydrogens is 223 g/mol. The van der Waals surface area contributed by atoms with Crippen molar-refractivity contribution in [2.24, 2.45) is 5.73 Å². The van der Waals surface area contributed by atoms with E-state index in [0.717, 1.165) is 0 Å².